The highest BCUT2D eigenvalue weighted by atomic mass is 35.5. The Bertz CT molecular complexity index is 1260. The molecule has 0 aliphatic rings. The normalized spacial score (nSPS) is 10.9. The van der Waals surface area contributed by atoms with E-state index in [9.17, 15) is 18.0 Å². The van der Waals surface area contributed by atoms with Crippen molar-refractivity contribution in [3.8, 4) is 5.75 Å². The summed E-state index contributed by atoms with van der Waals surface area (Å²) in [7, 11) is -3.97. The number of carbonyl (C=O) groups excluding carboxylic acids is 2. The Balaban J connectivity index is 1.77. The maximum absolute atomic E-state index is 12.8. The molecule has 0 atom stereocenters. The molecule has 0 bridgehead atoms. The molecule has 0 aromatic heterocycles. The minimum Gasteiger partial charge on any atom is -0.494 e. The summed E-state index contributed by atoms with van der Waals surface area (Å²) >= 11 is 6.16. The fraction of sp³-hybridized carbons (Fsp3) is 0.130. The lowest BCUT2D eigenvalue weighted by molar-refractivity contribution is -0.114. The minimum atomic E-state index is -3.97. The lowest BCUT2D eigenvalue weighted by atomic mass is 10.2. The summed E-state index contributed by atoms with van der Waals surface area (Å²) in [6.07, 6.45) is 0. The van der Waals surface area contributed by atoms with Gasteiger partial charge in [0.05, 0.1) is 22.1 Å². The van der Waals surface area contributed by atoms with Gasteiger partial charge in [-0.2, -0.15) is 0 Å². The van der Waals surface area contributed by atoms with E-state index in [0.717, 1.165) is 0 Å². The molecule has 0 fully saturated rings. The fourth-order valence-corrected chi connectivity index (χ4v) is 4.17. The predicted octanol–water partition coefficient (Wildman–Crippen LogP) is 4.75. The molecule has 0 radical (unpaired) electrons. The zero-order valence-corrected chi connectivity index (χ0v) is 19.5. The van der Waals surface area contributed by atoms with Crippen molar-refractivity contribution in [2.24, 2.45) is 0 Å². The molecule has 0 heterocycles. The molecule has 0 aliphatic heterocycles. The molecule has 3 rings (SSSR count). The van der Waals surface area contributed by atoms with E-state index in [0.29, 0.717) is 29.4 Å². The van der Waals surface area contributed by atoms with Crippen molar-refractivity contribution in [3.63, 3.8) is 0 Å². The molecular weight excluding hydrogens is 466 g/mol. The summed E-state index contributed by atoms with van der Waals surface area (Å²) in [5, 5.41) is 5.39. The van der Waals surface area contributed by atoms with Crippen LogP contribution in [0, 0.1) is 0 Å². The second-order valence-electron chi connectivity index (χ2n) is 6.92. The molecule has 8 nitrogen and oxygen atoms in total. The second-order valence-corrected chi connectivity index (χ2v) is 9.01. The maximum Gasteiger partial charge on any atom is 0.261 e. The first kappa shape index (κ1) is 24.1. The van der Waals surface area contributed by atoms with Gasteiger partial charge in [0.1, 0.15) is 5.75 Å². The first-order chi connectivity index (χ1) is 15.7. The summed E-state index contributed by atoms with van der Waals surface area (Å²) in [5.74, 6) is -0.170. The standard InChI is InChI=1S/C23H22ClN3O5S/c1-3-32-19-10-8-18(9-11-19)27-33(30,31)20-12-13-22(24)21(14-20)23(29)26-17-6-4-16(5-7-17)25-15(2)28/h4-14,27H,3H2,1-2H3,(H,25,28)(H,26,29). The van der Waals surface area contributed by atoms with Crippen LogP contribution in [0.3, 0.4) is 0 Å². The molecular formula is C23H22ClN3O5S. The van der Waals surface area contributed by atoms with Crippen molar-refractivity contribution >= 4 is 50.5 Å². The van der Waals surface area contributed by atoms with Gasteiger partial charge in [-0.05, 0) is 73.7 Å². The quantitative estimate of drug-likeness (QED) is 0.424. The molecule has 0 saturated carbocycles. The highest BCUT2D eigenvalue weighted by molar-refractivity contribution is 7.92. The van der Waals surface area contributed by atoms with E-state index in [4.69, 9.17) is 16.3 Å². The van der Waals surface area contributed by atoms with E-state index >= 15 is 0 Å². The van der Waals surface area contributed by atoms with Gasteiger partial charge in [-0.25, -0.2) is 8.42 Å². The zero-order valence-electron chi connectivity index (χ0n) is 17.9. The number of anilines is 3. The van der Waals surface area contributed by atoms with Crippen LogP contribution in [0.4, 0.5) is 17.1 Å². The van der Waals surface area contributed by atoms with Crippen molar-refractivity contribution in [2.45, 2.75) is 18.7 Å². The summed E-state index contributed by atoms with van der Waals surface area (Å²) in [6.45, 7) is 3.75. The fourth-order valence-electron chi connectivity index (χ4n) is 2.88. The number of hydrogen-bond acceptors (Lipinski definition) is 5. The number of nitrogens with one attached hydrogen (secondary N) is 3. The first-order valence-electron chi connectivity index (χ1n) is 9.92. The van der Waals surface area contributed by atoms with Crippen LogP contribution < -0.4 is 20.1 Å². The van der Waals surface area contributed by atoms with Crippen LogP contribution in [-0.4, -0.2) is 26.8 Å². The van der Waals surface area contributed by atoms with Crippen molar-refractivity contribution in [1.82, 2.24) is 0 Å². The average Bonchev–Trinajstić information content (AvgIpc) is 2.76. The monoisotopic (exact) mass is 487 g/mol. The van der Waals surface area contributed by atoms with Gasteiger partial charge in [-0.15, -0.1) is 0 Å². The van der Waals surface area contributed by atoms with Crippen molar-refractivity contribution in [3.05, 3.63) is 77.3 Å². The Morgan fingerprint density at radius 1 is 0.879 bits per heavy atom. The summed E-state index contributed by atoms with van der Waals surface area (Å²) in [5.41, 5.74) is 1.37. The maximum atomic E-state index is 12.8. The molecule has 2 amide bonds. The van der Waals surface area contributed by atoms with Crippen LogP contribution in [0.15, 0.2) is 71.6 Å². The molecule has 0 aliphatic carbocycles. The van der Waals surface area contributed by atoms with E-state index in [-0.39, 0.29) is 21.4 Å². The van der Waals surface area contributed by atoms with Gasteiger partial charge >= 0.3 is 0 Å². The van der Waals surface area contributed by atoms with Gasteiger partial charge in [0.25, 0.3) is 15.9 Å². The Labute approximate surface area is 197 Å². The number of halogens is 1. The Hall–Kier alpha value is -3.56. The largest absolute Gasteiger partial charge is 0.494 e. The van der Waals surface area contributed by atoms with Gasteiger partial charge in [-0.3, -0.25) is 14.3 Å². The molecule has 10 heteroatoms. The van der Waals surface area contributed by atoms with Crippen LogP contribution >= 0.6 is 11.6 Å². The Morgan fingerprint density at radius 3 is 2.03 bits per heavy atom. The van der Waals surface area contributed by atoms with Gasteiger partial charge in [-0.1, -0.05) is 11.6 Å². The first-order valence-corrected chi connectivity index (χ1v) is 11.8. The van der Waals surface area contributed by atoms with Crippen LogP contribution in [0.2, 0.25) is 5.02 Å². The average molecular weight is 488 g/mol. The van der Waals surface area contributed by atoms with Gasteiger partial charge in [0, 0.05) is 24.0 Å². The number of amides is 2. The lowest BCUT2D eigenvalue weighted by Crippen LogP contribution is -2.16. The summed E-state index contributed by atoms with van der Waals surface area (Å²) in [6, 6.07) is 16.8. The lowest BCUT2D eigenvalue weighted by Gasteiger charge is -2.12. The predicted molar refractivity (Wildman–Crippen MR) is 129 cm³/mol. The number of carbonyl (C=O) groups is 2. The smallest absolute Gasteiger partial charge is 0.261 e. The number of hydrogen-bond donors (Lipinski definition) is 3. The number of rotatable bonds is 8. The van der Waals surface area contributed by atoms with E-state index < -0.39 is 15.9 Å². The topological polar surface area (TPSA) is 114 Å². The van der Waals surface area contributed by atoms with E-state index in [1.54, 1.807) is 48.5 Å². The van der Waals surface area contributed by atoms with Crippen LogP contribution in [0.5, 0.6) is 5.75 Å². The Morgan fingerprint density at radius 2 is 1.45 bits per heavy atom. The molecule has 172 valence electrons. The SMILES string of the molecule is CCOc1ccc(NS(=O)(=O)c2ccc(Cl)c(C(=O)Nc3ccc(NC(C)=O)cc3)c2)cc1. The molecule has 3 aromatic carbocycles. The van der Waals surface area contributed by atoms with E-state index in [1.807, 2.05) is 6.92 Å². The van der Waals surface area contributed by atoms with Crippen LogP contribution in [0.1, 0.15) is 24.2 Å². The second kappa shape index (κ2) is 10.4. The highest BCUT2D eigenvalue weighted by Crippen LogP contribution is 2.25. The summed E-state index contributed by atoms with van der Waals surface area (Å²) < 4.78 is 33.5. The van der Waals surface area contributed by atoms with E-state index in [2.05, 4.69) is 15.4 Å². The molecule has 0 spiro atoms. The number of benzene rings is 3. The molecule has 33 heavy (non-hydrogen) atoms. The third-order valence-corrected chi connectivity index (χ3v) is 6.08. The third kappa shape index (κ3) is 6.47. The molecule has 3 aromatic rings. The van der Waals surface area contributed by atoms with Crippen LogP contribution in [-0.2, 0) is 14.8 Å². The van der Waals surface area contributed by atoms with Gasteiger partial charge in [0.2, 0.25) is 5.91 Å². The molecule has 0 unspecified atom stereocenters. The zero-order chi connectivity index (χ0) is 24.0. The third-order valence-electron chi connectivity index (χ3n) is 4.37. The van der Waals surface area contributed by atoms with Crippen molar-refractivity contribution in [1.29, 1.82) is 0 Å². The van der Waals surface area contributed by atoms with E-state index in [1.165, 1.54) is 25.1 Å². The number of ether oxygens (including phenoxy) is 1. The van der Waals surface area contributed by atoms with Crippen molar-refractivity contribution in [2.75, 3.05) is 22.0 Å². The number of sulfonamides is 1. The van der Waals surface area contributed by atoms with Crippen molar-refractivity contribution < 1.29 is 22.7 Å². The minimum absolute atomic E-state index is 0.00262. The Kier molecular flexibility index (Phi) is 7.57. The van der Waals surface area contributed by atoms with Gasteiger partial charge < -0.3 is 15.4 Å². The highest BCUT2D eigenvalue weighted by Gasteiger charge is 2.19. The molecule has 0 saturated heterocycles. The van der Waals surface area contributed by atoms with Gasteiger partial charge in [0.15, 0.2) is 0 Å². The van der Waals surface area contributed by atoms with Crippen LogP contribution in [0.25, 0.3) is 0 Å². The molecule has 3 N–H and O–H groups in total. The summed E-state index contributed by atoms with van der Waals surface area (Å²) in [4.78, 5) is 23.7.